The fraction of sp³-hybridized carbons (Fsp3) is 0.396. The molecule has 4 bridgehead atoms. The Bertz CT molecular complexity index is 2680. The minimum absolute atomic E-state index is 0.0311. The Morgan fingerprint density at radius 3 is 2.40 bits per heavy atom. The Balaban J connectivity index is 1.15. The van der Waals surface area contributed by atoms with Gasteiger partial charge in [-0.1, -0.05) is 35.3 Å². The molecule has 65 heavy (non-hydrogen) atoms. The van der Waals surface area contributed by atoms with Crippen LogP contribution in [0.4, 0.5) is 4.39 Å². The summed E-state index contributed by atoms with van der Waals surface area (Å²) in [5, 5.41) is 22.0. The first-order chi connectivity index (χ1) is 31.4. The van der Waals surface area contributed by atoms with Crippen LogP contribution >= 0.6 is 34.5 Å². The summed E-state index contributed by atoms with van der Waals surface area (Å²) in [6.45, 7) is 7.96. The Morgan fingerprint density at radius 2 is 1.68 bits per heavy atom. The van der Waals surface area contributed by atoms with Crippen molar-refractivity contribution in [3.05, 3.63) is 105 Å². The summed E-state index contributed by atoms with van der Waals surface area (Å²) in [5.41, 5.74) is 4.45. The van der Waals surface area contributed by atoms with E-state index in [9.17, 15) is 19.4 Å². The highest BCUT2D eigenvalue weighted by molar-refractivity contribution is 7.22. The Labute approximate surface area is 390 Å². The van der Waals surface area contributed by atoms with Crippen LogP contribution in [0.5, 0.6) is 23.1 Å². The molecule has 0 amide bonds. The smallest absolute Gasteiger partial charge is 0.345 e. The van der Waals surface area contributed by atoms with Crippen molar-refractivity contribution < 1.29 is 38.3 Å². The Morgan fingerprint density at radius 1 is 0.938 bits per heavy atom. The van der Waals surface area contributed by atoms with Crippen LogP contribution < -0.4 is 18.9 Å². The standard InChI is InChI=1S/C48H49Cl2FN6O7S/c1-26-38-27(2)42(50)43(41(26)49)63-35(22-57-18-16-56(3)17-19-57)24-61-34-12-13-36(62-23-32-14-15-52-45(55-32)29-6-10-33(58)11-7-29)30(20-34)21-37(48(59)60)64-46-40-39(38)44(65-47(40)54-25-53-46)28-4-8-31(51)9-5-28/h4-5,8-9,12-15,20,25,29,33,35,37,58H,6-7,10-11,16-19,21-24H2,1-3H3,(H,59,60)/t29?,33?,35-,37-/m1/s1. The van der Waals surface area contributed by atoms with Crippen LogP contribution in [0.1, 0.15) is 59.8 Å². The second-order valence-electron chi connectivity index (χ2n) is 17.0. The van der Waals surface area contributed by atoms with Crippen LogP contribution in [-0.4, -0.2) is 111 Å². The third kappa shape index (κ3) is 9.72. The molecule has 10 rings (SSSR count). The molecule has 6 aromatic rings. The molecule has 340 valence electrons. The number of likely N-dealkylation sites (N-methyl/N-ethyl adjacent to an activating group) is 1. The molecule has 3 aromatic heterocycles. The highest BCUT2D eigenvalue weighted by Crippen LogP contribution is 2.53. The maximum atomic E-state index is 14.4. The monoisotopic (exact) mass is 942 g/mol. The lowest BCUT2D eigenvalue weighted by atomic mass is 9.87. The molecule has 0 spiro atoms. The number of ether oxygens (including phenoxy) is 4. The first-order valence-electron chi connectivity index (χ1n) is 21.8. The van der Waals surface area contributed by atoms with Gasteiger partial charge >= 0.3 is 5.97 Å². The molecule has 1 saturated carbocycles. The van der Waals surface area contributed by atoms with Crippen molar-refractivity contribution in [3.8, 4) is 44.7 Å². The topological polar surface area (TPSA) is 152 Å². The first-order valence-corrected chi connectivity index (χ1v) is 23.3. The molecule has 1 aliphatic carbocycles. The number of benzene rings is 3. The number of hydrogen-bond donors (Lipinski definition) is 2. The predicted molar refractivity (Wildman–Crippen MR) is 247 cm³/mol. The van der Waals surface area contributed by atoms with E-state index in [-0.39, 0.29) is 37.5 Å². The first kappa shape index (κ1) is 45.0. The molecule has 3 aliphatic heterocycles. The van der Waals surface area contributed by atoms with E-state index in [0.29, 0.717) is 107 Å². The van der Waals surface area contributed by atoms with Crippen LogP contribution in [0.3, 0.4) is 0 Å². The van der Waals surface area contributed by atoms with E-state index in [0.717, 1.165) is 39.0 Å². The summed E-state index contributed by atoms with van der Waals surface area (Å²) in [5.74, 6) is 0.466. The number of rotatable bonds is 8. The van der Waals surface area contributed by atoms with Gasteiger partial charge < -0.3 is 34.1 Å². The number of aromatic nitrogens is 4. The number of thiophene rings is 1. The number of piperazine rings is 1. The highest BCUT2D eigenvalue weighted by atomic mass is 35.5. The molecule has 0 radical (unpaired) electrons. The van der Waals surface area contributed by atoms with Gasteiger partial charge in [-0.2, -0.15) is 0 Å². The van der Waals surface area contributed by atoms with Crippen molar-refractivity contribution in [2.75, 3.05) is 46.4 Å². The zero-order valence-corrected chi connectivity index (χ0v) is 38.6. The summed E-state index contributed by atoms with van der Waals surface area (Å²) < 4.78 is 40.6. The highest BCUT2D eigenvalue weighted by Gasteiger charge is 2.32. The van der Waals surface area contributed by atoms with E-state index in [2.05, 4.69) is 31.8 Å². The molecule has 3 aromatic carbocycles. The van der Waals surface area contributed by atoms with Gasteiger partial charge in [-0.25, -0.2) is 29.1 Å². The van der Waals surface area contributed by atoms with Gasteiger partial charge in [0.2, 0.25) is 12.0 Å². The van der Waals surface area contributed by atoms with Crippen molar-refractivity contribution in [2.24, 2.45) is 0 Å². The molecule has 13 nitrogen and oxygen atoms in total. The largest absolute Gasteiger partial charge is 0.490 e. The van der Waals surface area contributed by atoms with Crippen LogP contribution in [0.15, 0.2) is 61.1 Å². The molecule has 2 atom stereocenters. The van der Waals surface area contributed by atoms with Gasteiger partial charge in [0.25, 0.3) is 0 Å². The van der Waals surface area contributed by atoms with Gasteiger partial charge in [0, 0.05) is 67.3 Å². The molecule has 2 N–H and O–H groups in total. The number of nitrogens with zero attached hydrogens (tertiary/aromatic N) is 6. The number of aliphatic hydroxyl groups excluding tert-OH is 1. The molecule has 17 heteroatoms. The number of halogens is 3. The molecule has 0 unspecified atom stereocenters. The van der Waals surface area contributed by atoms with Crippen LogP contribution in [-0.2, 0) is 17.8 Å². The molecule has 6 heterocycles. The molecule has 2 fully saturated rings. The Kier molecular flexibility index (Phi) is 13.4. The number of fused-ring (bicyclic) bond motifs is 7. The van der Waals surface area contributed by atoms with E-state index < -0.39 is 24.0 Å². The maximum absolute atomic E-state index is 14.4. The van der Waals surface area contributed by atoms with Crippen LogP contribution in [0.2, 0.25) is 10.0 Å². The van der Waals surface area contributed by atoms with Crippen molar-refractivity contribution >= 4 is 50.7 Å². The second-order valence-corrected chi connectivity index (χ2v) is 18.8. The molecule has 1 saturated heterocycles. The molecular weight excluding hydrogens is 895 g/mol. The number of carboxylic acids is 1. The zero-order valence-electron chi connectivity index (χ0n) is 36.2. The van der Waals surface area contributed by atoms with E-state index >= 15 is 0 Å². The van der Waals surface area contributed by atoms with Gasteiger partial charge in [-0.15, -0.1) is 11.3 Å². The average molecular weight is 944 g/mol. The Hall–Kier alpha value is -5.16. The summed E-state index contributed by atoms with van der Waals surface area (Å²) in [6, 6.07) is 13.2. The fourth-order valence-electron chi connectivity index (χ4n) is 8.89. The van der Waals surface area contributed by atoms with E-state index in [1.165, 1.54) is 29.8 Å². The minimum atomic E-state index is -1.46. The summed E-state index contributed by atoms with van der Waals surface area (Å²) >= 11 is 16.0. The second kappa shape index (κ2) is 19.4. The zero-order chi connectivity index (χ0) is 45.4. The number of carbonyl (C=O) groups is 1. The number of carboxylic acid groups (broad SMARTS) is 1. The van der Waals surface area contributed by atoms with Gasteiger partial charge in [-0.3, -0.25) is 4.90 Å². The normalized spacial score (nSPS) is 20.7. The van der Waals surface area contributed by atoms with Crippen LogP contribution in [0, 0.1) is 19.7 Å². The lowest BCUT2D eigenvalue weighted by Crippen LogP contribution is -2.49. The number of aliphatic carboxylic acids is 1. The van der Waals surface area contributed by atoms with E-state index in [1.807, 2.05) is 13.8 Å². The summed E-state index contributed by atoms with van der Waals surface area (Å²) in [4.78, 5) is 37.7. The van der Waals surface area contributed by atoms with Crippen molar-refractivity contribution in [1.82, 2.24) is 29.7 Å². The van der Waals surface area contributed by atoms with Gasteiger partial charge in [0.1, 0.15) is 53.6 Å². The van der Waals surface area contributed by atoms with Gasteiger partial charge in [-0.05, 0) is 105 Å². The van der Waals surface area contributed by atoms with E-state index in [4.69, 9.17) is 47.1 Å². The third-order valence-corrected chi connectivity index (χ3v) is 14.6. The van der Waals surface area contributed by atoms with Crippen molar-refractivity contribution in [2.45, 2.75) is 76.8 Å². The number of aliphatic hydroxyl groups is 1. The summed E-state index contributed by atoms with van der Waals surface area (Å²) in [6.07, 6.45) is 3.66. The molecule has 4 aliphatic rings. The quantitative estimate of drug-likeness (QED) is 0.150. The van der Waals surface area contributed by atoms with Gasteiger partial charge in [0.15, 0.2) is 5.75 Å². The maximum Gasteiger partial charge on any atom is 0.345 e. The van der Waals surface area contributed by atoms with Crippen molar-refractivity contribution in [1.29, 1.82) is 0 Å². The fourth-order valence-corrected chi connectivity index (χ4v) is 10.5. The minimum Gasteiger partial charge on any atom is -0.490 e. The van der Waals surface area contributed by atoms with Gasteiger partial charge in [0.05, 0.1) is 27.2 Å². The summed E-state index contributed by atoms with van der Waals surface area (Å²) in [7, 11) is 2.10. The van der Waals surface area contributed by atoms with Crippen molar-refractivity contribution in [3.63, 3.8) is 0 Å². The lowest BCUT2D eigenvalue weighted by Gasteiger charge is -2.35. The number of hydrogen-bond acceptors (Lipinski definition) is 13. The van der Waals surface area contributed by atoms with Crippen LogP contribution in [0.25, 0.3) is 31.8 Å². The molecular formula is C48H49Cl2FN6O7S. The van der Waals surface area contributed by atoms with E-state index in [1.54, 1.807) is 42.6 Å². The SMILES string of the molecule is Cc1c(Cl)c2c(Cl)c(C)c1-c1c(-c3ccc(F)cc3)sc3ncnc(c13)O[C@@H](C(=O)O)Cc1cc(ccc1OCc1ccnc(C3CCC(O)CC3)n1)OC[C@@H](CN1CCN(C)CC1)O2. The predicted octanol–water partition coefficient (Wildman–Crippen LogP) is 8.94. The lowest BCUT2D eigenvalue weighted by molar-refractivity contribution is -0.145. The average Bonchev–Trinajstić information content (AvgIpc) is 3.69. The third-order valence-electron chi connectivity index (χ3n) is 12.5.